The van der Waals surface area contributed by atoms with E-state index in [9.17, 15) is 9.59 Å². The Balaban J connectivity index is 1.44. The molecule has 0 saturated heterocycles. The van der Waals surface area contributed by atoms with Gasteiger partial charge in [-0.2, -0.15) is 5.10 Å². The lowest BCUT2D eigenvalue weighted by atomic mass is 10.0. The molecule has 7 heteroatoms. The van der Waals surface area contributed by atoms with Gasteiger partial charge in [-0.1, -0.05) is 26.0 Å². The number of carbonyl (C=O) groups is 2. The molecular formula is C26H31N5O2. The highest BCUT2D eigenvalue weighted by Gasteiger charge is 2.35. The predicted octanol–water partition coefficient (Wildman–Crippen LogP) is 4.10. The van der Waals surface area contributed by atoms with Crippen molar-refractivity contribution in [2.45, 2.75) is 71.0 Å². The summed E-state index contributed by atoms with van der Waals surface area (Å²) in [5, 5.41) is 8.39. The highest BCUT2D eigenvalue weighted by atomic mass is 16.2. The van der Waals surface area contributed by atoms with E-state index in [1.54, 1.807) is 4.68 Å². The summed E-state index contributed by atoms with van der Waals surface area (Å²) in [6.07, 6.45) is 4.18. The first kappa shape index (κ1) is 21.6. The molecule has 7 nitrogen and oxygen atoms in total. The molecule has 2 amide bonds. The van der Waals surface area contributed by atoms with Gasteiger partial charge in [0.1, 0.15) is 0 Å². The lowest BCUT2D eigenvalue weighted by Gasteiger charge is -2.24. The van der Waals surface area contributed by atoms with Gasteiger partial charge in [0, 0.05) is 36.9 Å². The molecule has 2 aromatic heterocycles. The number of aromatic nitrogens is 3. The normalized spacial score (nSPS) is 15.8. The van der Waals surface area contributed by atoms with Gasteiger partial charge in [0.25, 0.3) is 11.8 Å². The third-order valence-electron chi connectivity index (χ3n) is 6.54. The minimum Gasteiger partial charge on any atom is -0.349 e. The van der Waals surface area contributed by atoms with Gasteiger partial charge in [-0.3, -0.25) is 14.3 Å². The number of nitrogens with one attached hydrogen (secondary N) is 1. The third-order valence-corrected chi connectivity index (χ3v) is 6.54. The Morgan fingerprint density at radius 3 is 2.45 bits per heavy atom. The Hall–Kier alpha value is -3.22. The number of amides is 2. The van der Waals surface area contributed by atoms with Gasteiger partial charge in [-0.25, -0.2) is 4.98 Å². The van der Waals surface area contributed by atoms with Crippen LogP contribution in [0, 0.1) is 6.92 Å². The van der Waals surface area contributed by atoms with Crippen LogP contribution in [0.2, 0.25) is 0 Å². The molecule has 5 rings (SSSR count). The lowest BCUT2D eigenvalue weighted by Crippen LogP contribution is -2.33. The topological polar surface area (TPSA) is 80.1 Å². The summed E-state index contributed by atoms with van der Waals surface area (Å²) < 4.78 is 1.76. The predicted molar refractivity (Wildman–Crippen MR) is 127 cm³/mol. The summed E-state index contributed by atoms with van der Waals surface area (Å²) in [5.74, 6) is 0.213. The maximum absolute atomic E-state index is 13.9. The number of carbonyl (C=O) groups excluding carboxylic acids is 2. The van der Waals surface area contributed by atoms with E-state index in [4.69, 9.17) is 4.98 Å². The van der Waals surface area contributed by atoms with E-state index in [1.807, 2.05) is 49.2 Å². The number of rotatable bonds is 7. The average Bonchev–Trinajstić information content (AvgIpc) is 3.72. The number of fused-ring (bicyclic) bond motifs is 1. The van der Waals surface area contributed by atoms with Crippen LogP contribution < -0.4 is 5.32 Å². The lowest BCUT2D eigenvalue weighted by molar-refractivity contribution is 0.0731. The van der Waals surface area contributed by atoms with Crippen LogP contribution in [-0.2, 0) is 13.6 Å². The molecule has 3 aromatic rings. The smallest absolute Gasteiger partial charge is 0.255 e. The van der Waals surface area contributed by atoms with Crippen LogP contribution in [-0.4, -0.2) is 43.6 Å². The van der Waals surface area contributed by atoms with Crippen LogP contribution >= 0.6 is 0 Å². The van der Waals surface area contributed by atoms with E-state index in [0.717, 1.165) is 53.7 Å². The Kier molecular flexibility index (Phi) is 5.43. The van der Waals surface area contributed by atoms with Crippen molar-refractivity contribution >= 4 is 22.8 Å². The van der Waals surface area contributed by atoms with Crippen LogP contribution in [0.25, 0.3) is 11.0 Å². The van der Waals surface area contributed by atoms with Crippen molar-refractivity contribution in [3.8, 4) is 0 Å². The summed E-state index contributed by atoms with van der Waals surface area (Å²) in [6.45, 7) is 6.63. The Labute approximate surface area is 194 Å². The number of hydrogen-bond donors (Lipinski definition) is 1. The molecule has 0 atom stereocenters. The van der Waals surface area contributed by atoms with Crippen molar-refractivity contribution in [2.24, 2.45) is 7.05 Å². The van der Waals surface area contributed by atoms with Gasteiger partial charge < -0.3 is 10.2 Å². The maximum atomic E-state index is 13.9. The van der Waals surface area contributed by atoms with Gasteiger partial charge in [-0.15, -0.1) is 0 Å². The molecule has 0 radical (unpaired) electrons. The van der Waals surface area contributed by atoms with Crippen LogP contribution in [0.5, 0.6) is 0 Å². The zero-order chi connectivity index (χ0) is 23.3. The Bertz CT molecular complexity index is 1220. The molecule has 2 aliphatic carbocycles. The molecule has 2 heterocycles. The fourth-order valence-electron chi connectivity index (χ4n) is 4.29. The molecule has 1 N–H and O–H groups in total. The summed E-state index contributed by atoms with van der Waals surface area (Å²) in [6, 6.07) is 10.2. The van der Waals surface area contributed by atoms with E-state index in [-0.39, 0.29) is 23.8 Å². The fourth-order valence-corrected chi connectivity index (χ4v) is 4.29. The SMILES string of the molecule is Cc1nn(C)c2nc(C(C)C)cc(C(=O)N(Cc3ccc(C(=O)NC4CC4)cc3)C3CC3)c12. The van der Waals surface area contributed by atoms with Crippen molar-refractivity contribution in [1.29, 1.82) is 0 Å². The minimum atomic E-state index is -0.0216. The molecule has 33 heavy (non-hydrogen) atoms. The first-order chi connectivity index (χ1) is 15.8. The molecule has 1 aromatic carbocycles. The molecule has 0 bridgehead atoms. The summed E-state index contributed by atoms with van der Waals surface area (Å²) >= 11 is 0. The first-order valence-corrected chi connectivity index (χ1v) is 11.9. The number of aryl methyl sites for hydroxylation is 2. The minimum absolute atomic E-state index is 0.0216. The molecule has 2 aliphatic rings. The van der Waals surface area contributed by atoms with Crippen LogP contribution in [0.4, 0.5) is 0 Å². The van der Waals surface area contributed by atoms with Crippen LogP contribution in [0.1, 0.15) is 83.1 Å². The second-order valence-corrected chi connectivity index (χ2v) is 9.77. The first-order valence-electron chi connectivity index (χ1n) is 11.9. The number of nitrogens with zero attached hydrogens (tertiary/aromatic N) is 4. The Morgan fingerprint density at radius 2 is 1.85 bits per heavy atom. The second kappa shape index (κ2) is 8.28. The summed E-state index contributed by atoms with van der Waals surface area (Å²) in [5.41, 5.74) is 4.84. The Morgan fingerprint density at radius 1 is 1.15 bits per heavy atom. The van der Waals surface area contributed by atoms with Crippen LogP contribution in [0.15, 0.2) is 30.3 Å². The fraction of sp³-hybridized carbons (Fsp3) is 0.462. The van der Waals surface area contributed by atoms with Gasteiger partial charge in [0.15, 0.2) is 5.65 Å². The monoisotopic (exact) mass is 445 g/mol. The van der Waals surface area contributed by atoms with Gasteiger partial charge in [-0.05, 0) is 62.3 Å². The number of benzene rings is 1. The van der Waals surface area contributed by atoms with Crippen molar-refractivity contribution in [2.75, 3.05) is 0 Å². The van der Waals surface area contributed by atoms with Crippen LogP contribution in [0.3, 0.4) is 0 Å². The second-order valence-electron chi connectivity index (χ2n) is 9.77. The van der Waals surface area contributed by atoms with Gasteiger partial charge >= 0.3 is 0 Å². The molecule has 0 spiro atoms. The molecule has 0 aliphatic heterocycles. The highest BCUT2D eigenvalue weighted by Crippen LogP contribution is 2.33. The van der Waals surface area contributed by atoms with E-state index in [2.05, 4.69) is 24.3 Å². The zero-order valence-electron chi connectivity index (χ0n) is 19.8. The maximum Gasteiger partial charge on any atom is 0.255 e. The van der Waals surface area contributed by atoms with E-state index in [1.165, 1.54) is 0 Å². The van der Waals surface area contributed by atoms with Crippen molar-refractivity contribution in [3.05, 3.63) is 58.4 Å². The van der Waals surface area contributed by atoms with E-state index in [0.29, 0.717) is 23.7 Å². The standard InChI is InChI=1S/C26H31N5O2/c1-15(2)22-13-21(23-16(3)29-30(4)24(23)28-22)26(33)31(20-11-12-20)14-17-5-7-18(8-6-17)25(32)27-19-9-10-19/h5-8,13,15,19-20H,9-12,14H2,1-4H3,(H,27,32). The average molecular weight is 446 g/mol. The zero-order valence-corrected chi connectivity index (χ0v) is 19.8. The van der Waals surface area contributed by atoms with E-state index < -0.39 is 0 Å². The van der Waals surface area contributed by atoms with Crippen molar-refractivity contribution in [1.82, 2.24) is 25.0 Å². The van der Waals surface area contributed by atoms with E-state index >= 15 is 0 Å². The quantitative estimate of drug-likeness (QED) is 0.594. The number of pyridine rings is 1. The van der Waals surface area contributed by atoms with Gasteiger partial charge in [0.05, 0.1) is 16.6 Å². The third kappa shape index (κ3) is 4.36. The summed E-state index contributed by atoms with van der Waals surface area (Å²) in [7, 11) is 1.88. The molecule has 2 saturated carbocycles. The molecule has 0 unspecified atom stereocenters. The van der Waals surface area contributed by atoms with Crippen molar-refractivity contribution < 1.29 is 9.59 Å². The number of hydrogen-bond acceptors (Lipinski definition) is 4. The molecule has 2 fully saturated rings. The summed E-state index contributed by atoms with van der Waals surface area (Å²) in [4.78, 5) is 32.9. The van der Waals surface area contributed by atoms with Gasteiger partial charge in [0.2, 0.25) is 0 Å². The molecular weight excluding hydrogens is 414 g/mol. The highest BCUT2D eigenvalue weighted by molar-refractivity contribution is 6.06. The van der Waals surface area contributed by atoms with Crippen molar-refractivity contribution in [3.63, 3.8) is 0 Å². The molecule has 172 valence electrons. The largest absolute Gasteiger partial charge is 0.349 e.